The van der Waals surface area contributed by atoms with Gasteiger partial charge in [0.05, 0.1) is 29.4 Å². The molecule has 1 amide bonds. The average molecular weight is 652 g/mol. The zero-order valence-electron chi connectivity index (χ0n) is 25.0. The van der Waals surface area contributed by atoms with Gasteiger partial charge in [-0.25, -0.2) is 22.5 Å². The summed E-state index contributed by atoms with van der Waals surface area (Å²) < 4.78 is 66.5. The lowest BCUT2D eigenvalue weighted by atomic mass is 9.93. The van der Waals surface area contributed by atoms with Gasteiger partial charge in [0.1, 0.15) is 5.02 Å². The first-order chi connectivity index (χ1) is 21.3. The molecule has 0 radical (unpaired) electrons. The Morgan fingerprint density at radius 1 is 1.24 bits per heavy atom. The number of carbonyl (C=O) groups is 1. The third-order valence-corrected chi connectivity index (χ3v) is 9.18. The molecule has 1 saturated carbocycles. The minimum atomic E-state index is -3.17. The third kappa shape index (κ3) is 5.96. The number of rotatable bonds is 7. The maximum atomic E-state index is 15.0. The number of aryl methyl sites for hydroxylation is 1. The Morgan fingerprint density at radius 2 is 2.00 bits per heavy atom. The number of hydrogen-bond acceptors (Lipinski definition) is 8. The number of benzene rings is 1. The topological polar surface area (TPSA) is 105 Å². The Morgan fingerprint density at radius 3 is 2.69 bits per heavy atom. The fourth-order valence-corrected chi connectivity index (χ4v) is 6.26. The molecule has 6 rings (SSSR count). The molecular weight excluding hydrogens is 618 g/mol. The molecule has 3 aromatic rings. The molecule has 10 nitrogen and oxygen atoms in total. The van der Waals surface area contributed by atoms with E-state index < -0.39 is 42.4 Å². The van der Waals surface area contributed by atoms with Crippen molar-refractivity contribution in [2.45, 2.75) is 51.0 Å². The highest BCUT2D eigenvalue weighted by atomic mass is 35.5. The summed E-state index contributed by atoms with van der Waals surface area (Å²) in [7, 11) is 1.54. The summed E-state index contributed by atoms with van der Waals surface area (Å²) in [5.74, 6) is -7.52. The van der Waals surface area contributed by atoms with Crippen molar-refractivity contribution in [3.63, 3.8) is 0 Å². The van der Waals surface area contributed by atoms with Gasteiger partial charge in [-0.1, -0.05) is 11.6 Å². The molecule has 1 saturated heterocycles. The van der Waals surface area contributed by atoms with E-state index in [0.717, 1.165) is 0 Å². The van der Waals surface area contributed by atoms with E-state index in [1.165, 1.54) is 22.6 Å². The maximum absolute atomic E-state index is 15.0. The van der Waals surface area contributed by atoms with Crippen LogP contribution in [0.15, 0.2) is 29.2 Å². The second-order valence-corrected chi connectivity index (χ2v) is 12.4. The molecule has 242 valence electrons. The van der Waals surface area contributed by atoms with Crippen LogP contribution in [0, 0.1) is 11.8 Å². The van der Waals surface area contributed by atoms with E-state index in [1.807, 2.05) is 0 Å². The molecule has 2 fully saturated rings. The molecule has 4 heterocycles. The number of carbonyl (C=O) groups excluding carboxylic acids is 1. The van der Waals surface area contributed by atoms with Crippen LogP contribution < -0.4 is 25.8 Å². The summed E-state index contributed by atoms with van der Waals surface area (Å²) in [4.78, 5) is 36.9. The number of hydrogen-bond donors (Lipinski definition) is 2. The molecule has 2 aromatic heterocycles. The van der Waals surface area contributed by atoms with Crippen molar-refractivity contribution < 1.29 is 27.1 Å². The lowest BCUT2D eigenvalue weighted by Gasteiger charge is -2.40. The Balaban J connectivity index is 1.31. The van der Waals surface area contributed by atoms with Gasteiger partial charge in [0.25, 0.3) is 11.5 Å². The minimum absolute atomic E-state index is 0.00533. The van der Waals surface area contributed by atoms with Crippen molar-refractivity contribution in [1.82, 2.24) is 19.4 Å². The van der Waals surface area contributed by atoms with Crippen molar-refractivity contribution in [2.24, 2.45) is 18.9 Å². The van der Waals surface area contributed by atoms with Crippen LogP contribution >= 0.6 is 11.6 Å². The number of nitrogens with zero attached hydrogens (tertiary/aromatic N) is 5. The lowest BCUT2D eigenvalue weighted by molar-refractivity contribution is -0.133. The van der Waals surface area contributed by atoms with E-state index in [-0.39, 0.29) is 59.7 Å². The van der Waals surface area contributed by atoms with Crippen LogP contribution in [0.5, 0.6) is 5.75 Å². The highest BCUT2D eigenvalue weighted by Gasteiger charge is 2.51. The van der Waals surface area contributed by atoms with Gasteiger partial charge in [0, 0.05) is 57.6 Å². The number of alkyl halides is 4. The third-order valence-electron chi connectivity index (χ3n) is 8.91. The number of anilines is 4. The van der Waals surface area contributed by atoms with Crippen molar-refractivity contribution >= 4 is 51.6 Å². The number of halogens is 5. The van der Waals surface area contributed by atoms with Gasteiger partial charge in [0.15, 0.2) is 12.4 Å². The largest absolute Gasteiger partial charge is 0.480 e. The first-order valence-corrected chi connectivity index (χ1v) is 15.3. The number of aromatic nitrogens is 3. The molecule has 0 bridgehead atoms. The smallest absolute Gasteiger partial charge is 0.301 e. The summed E-state index contributed by atoms with van der Waals surface area (Å²) in [6.45, 7) is 2.37. The molecule has 1 unspecified atom stereocenters. The Bertz CT molecular complexity index is 1700. The monoisotopic (exact) mass is 651 g/mol. The fourth-order valence-electron chi connectivity index (χ4n) is 6.12. The van der Waals surface area contributed by atoms with Crippen molar-refractivity contribution in [3.05, 3.63) is 39.8 Å². The average Bonchev–Trinajstić information content (AvgIpc) is 3.84. The molecule has 1 aliphatic carbocycles. The maximum Gasteiger partial charge on any atom is 0.301 e. The fraction of sp³-hybridized carbons (Fsp3) is 0.533. The standard InChI is InChI=1S/C30H34ClF4N7O3/c1-4-41(16(2)43)13-18-14-42(10-9-29(18,32)33)28-36-12-21(31)26(39-28)37-19-7-8-22-20(11-19)23-24(27(44)40(22)3)45-15-30(34,35)25(38-23)17-5-6-17/h7-8,11-12,17-18,25,38H,4-6,9-10,13-15H2,1-3H3,(H,36,37,39)/t18?,25-/m0/s1. The van der Waals surface area contributed by atoms with E-state index in [9.17, 15) is 18.4 Å². The molecule has 0 spiro atoms. The molecule has 1 aromatic carbocycles. The van der Waals surface area contributed by atoms with Crippen LogP contribution in [0.1, 0.15) is 33.1 Å². The summed E-state index contributed by atoms with van der Waals surface area (Å²) in [6, 6.07) is 3.88. The number of nitrogens with one attached hydrogen (secondary N) is 2. The van der Waals surface area contributed by atoms with E-state index in [4.69, 9.17) is 16.3 Å². The Hall–Kier alpha value is -3.81. The predicted octanol–water partition coefficient (Wildman–Crippen LogP) is 5.27. The van der Waals surface area contributed by atoms with E-state index in [1.54, 1.807) is 37.1 Å². The van der Waals surface area contributed by atoms with Crippen molar-refractivity contribution in [1.29, 1.82) is 0 Å². The second kappa shape index (κ2) is 11.5. The zero-order chi connectivity index (χ0) is 32.3. The molecule has 2 aliphatic heterocycles. The number of amides is 1. The number of fused-ring (bicyclic) bond motifs is 3. The number of ether oxygens (including phenoxy) is 1. The first-order valence-electron chi connectivity index (χ1n) is 14.9. The van der Waals surface area contributed by atoms with Crippen LogP contribution in [0.3, 0.4) is 0 Å². The first kappa shape index (κ1) is 31.2. The summed E-state index contributed by atoms with van der Waals surface area (Å²) in [5, 5.41) is 6.74. The SMILES string of the molecule is CCN(CC1CN(c2ncc(Cl)c(Nc3ccc4c(c3)c3c(c(=O)n4C)OCC(F)(F)[C@H](C4CC4)N3)n2)CCC1(F)F)C(C)=O. The van der Waals surface area contributed by atoms with E-state index in [0.29, 0.717) is 36.0 Å². The van der Waals surface area contributed by atoms with E-state index in [2.05, 4.69) is 20.6 Å². The summed E-state index contributed by atoms with van der Waals surface area (Å²) in [5.41, 5.74) is 0.657. The van der Waals surface area contributed by atoms with Crippen LogP contribution in [0.25, 0.3) is 10.9 Å². The molecule has 2 atom stereocenters. The minimum Gasteiger partial charge on any atom is -0.480 e. The predicted molar refractivity (Wildman–Crippen MR) is 163 cm³/mol. The van der Waals surface area contributed by atoms with Crippen LogP contribution in [0.2, 0.25) is 5.02 Å². The zero-order valence-corrected chi connectivity index (χ0v) is 25.8. The van der Waals surface area contributed by atoms with Gasteiger partial charge >= 0.3 is 5.92 Å². The molecule has 15 heteroatoms. The van der Waals surface area contributed by atoms with E-state index >= 15 is 8.78 Å². The molecule has 3 aliphatic rings. The number of piperidine rings is 1. The Labute approximate surface area is 261 Å². The van der Waals surface area contributed by atoms with Crippen LogP contribution in [-0.4, -0.2) is 76.0 Å². The van der Waals surface area contributed by atoms with Crippen molar-refractivity contribution in [3.8, 4) is 5.75 Å². The van der Waals surface area contributed by atoms with Gasteiger partial charge < -0.3 is 29.7 Å². The molecule has 2 N–H and O–H groups in total. The number of pyridine rings is 1. The molecular formula is C30H34ClF4N7O3. The summed E-state index contributed by atoms with van der Waals surface area (Å²) in [6.07, 6.45) is 2.27. The quantitative estimate of drug-likeness (QED) is 0.333. The summed E-state index contributed by atoms with van der Waals surface area (Å²) >= 11 is 6.44. The van der Waals surface area contributed by atoms with Gasteiger partial charge in [-0.05, 0) is 43.9 Å². The lowest BCUT2D eigenvalue weighted by Crippen LogP contribution is -2.52. The van der Waals surface area contributed by atoms with Crippen LogP contribution in [-0.2, 0) is 11.8 Å². The van der Waals surface area contributed by atoms with Gasteiger partial charge in [-0.2, -0.15) is 4.98 Å². The normalized spacial score (nSPS) is 22.2. The van der Waals surface area contributed by atoms with Gasteiger partial charge in [0.2, 0.25) is 17.6 Å². The highest BCUT2D eigenvalue weighted by Crippen LogP contribution is 2.46. The highest BCUT2D eigenvalue weighted by molar-refractivity contribution is 6.33. The molecule has 45 heavy (non-hydrogen) atoms. The van der Waals surface area contributed by atoms with Gasteiger partial charge in [-0.15, -0.1) is 0 Å². The Kier molecular flexibility index (Phi) is 7.99. The van der Waals surface area contributed by atoms with Crippen LogP contribution in [0.4, 0.5) is 40.7 Å². The second-order valence-electron chi connectivity index (χ2n) is 12.0. The van der Waals surface area contributed by atoms with Crippen molar-refractivity contribution in [2.75, 3.05) is 48.3 Å². The van der Waals surface area contributed by atoms with Gasteiger partial charge in [-0.3, -0.25) is 9.59 Å².